The van der Waals surface area contributed by atoms with Gasteiger partial charge < -0.3 is 5.32 Å². The fourth-order valence-electron chi connectivity index (χ4n) is 5.26. The van der Waals surface area contributed by atoms with Gasteiger partial charge in [-0.2, -0.15) is 5.10 Å². The summed E-state index contributed by atoms with van der Waals surface area (Å²) in [6.45, 7) is 14.1. The summed E-state index contributed by atoms with van der Waals surface area (Å²) in [5.41, 5.74) is 4.77. The summed E-state index contributed by atoms with van der Waals surface area (Å²) in [6.07, 6.45) is 4.13. The molecule has 3 heteroatoms. The Labute approximate surface area is 129 Å². The molecule has 21 heavy (non-hydrogen) atoms. The van der Waals surface area contributed by atoms with Gasteiger partial charge in [-0.05, 0) is 56.8 Å². The van der Waals surface area contributed by atoms with Crippen LogP contribution in [0.5, 0.6) is 0 Å². The topological polar surface area (TPSA) is 29.9 Å². The standard InChI is InChI=1S/C18H31N3/c1-11(16-12(2)20-21(7)13(16)3)19-15-10-14-8-9-18(15,6)17(14,4)5/h11,14-15,19H,8-10H2,1-7H3. The van der Waals surface area contributed by atoms with Crippen LogP contribution in [0.3, 0.4) is 0 Å². The third-order valence-corrected chi connectivity index (χ3v) is 7.24. The van der Waals surface area contributed by atoms with Crippen molar-refractivity contribution in [2.45, 2.75) is 72.9 Å². The van der Waals surface area contributed by atoms with Gasteiger partial charge in [0.05, 0.1) is 5.69 Å². The van der Waals surface area contributed by atoms with Gasteiger partial charge in [-0.1, -0.05) is 20.8 Å². The quantitative estimate of drug-likeness (QED) is 0.914. The highest BCUT2D eigenvalue weighted by atomic mass is 15.3. The van der Waals surface area contributed by atoms with Crippen LogP contribution < -0.4 is 5.32 Å². The molecule has 0 spiro atoms. The molecule has 3 rings (SSSR count). The van der Waals surface area contributed by atoms with Crippen molar-refractivity contribution in [3.05, 3.63) is 17.0 Å². The molecule has 2 fully saturated rings. The molecule has 0 aliphatic heterocycles. The van der Waals surface area contributed by atoms with Gasteiger partial charge in [-0.25, -0.2) is 0 Å². The lowest BCUT2D eigenvalue weighted by Crippen LogP contribution is -2.45. The predicted molar refractivity (Wildman–Crippen MR) is 87.2 cm³/mol. The number of nitrogens with one attached hydrogen (secondary N) is 1. The van der Waals surface area contributed by atoms with Crippen LogP contribution in [0, 0.1) is 30.6 Å². The Kier molecular flexibility index (Phi) is 3.29. The first-order valence-electron chi connectivity index (χ1n) is 8.44. The minimum absolute atomic E-state index is 0.385. The van der Waals surface area contributed by atoms with Gasteiger partial charge in [-0.15, -0.1) is 0 Å². The zero-order chi connectivity index (χ0) is 15.6. The number of rotatable bonds is 3. The Morgan fingerprint density at radius 1 is 1.29 bits per heavy atom. The minimum Gasteiger partial charge on any atom is -0.307 e. The number of hydrogen-bond acceptors (Lipinski definition) is 2. The number of aryl methyl sites for hydroxylation is 2. The molecule has 118 valence electrons. The molecule has 2 aliphatic carbocycles. The summed E-state index contributed by atoms with van der Waals surface area (Å²) >= 11 is 0. The van der Waals surface area contributed by atoms with Crippen LogP contribution in [-0.4, -0.2) is 15.8 Å². The average molecular weight is 289 g/mol. The Balaban J connectivity index is 1.82. The van der Waals surface area contributed by atoms with E-state index < -0.39 is 0 Å². The third kappa shape index (κ3) is 1.93. The van der Waals surface area contributed by atoms with Crippen molar-refractivity contribution in [1.82, 2.24) is 15.1 Å². The normalized spacial score (nSPS) is 35.4. The first-order chi connectivity index (χ1) is 9.68. The summed E-state index contributed by atoms with van der Waals surface area (Å²) in [5.74, 6) is 0.892. The highest BCUT2D eigenvalue weighted by Crippen LogP contribution is 2.65. The largest absolute Gasteiger partial charge is 0.307 e. The molecule has 2 aliphatic rings. The van der Waals surface area contributed by atoms with E-state index in [1.165, 1.54) is 36.2 Å². The molecule has 2 bridgehead atoms. The molecular weight excluding hydrogens is 258 g/mol. The lowest BCUT2D eigenvalue weighted by molar-refractivity contribution is 0.116. The molecule has 3 nitrogen and oxygen atoms in total. The Bertz CT molecular complexity index is 557. The average Bonchev–Trinajstić information content (AvgIpc) is 2.84. The number of fused-ring (bicyclic) bond motifs is 2. The Morgan fingerprint density at radius 3 is 2.38 bits per heavy atom. The monoisotopic (exact) mass is 289 g/mol. The SMILES string of the molecule is Cc1nn(C)c(C)c1C(C)NC1CC2CCC1(C)C2(C)C. The lowest BCUT2D eigenvalue weighted by atomic mass is 9.69. The van der Waals surface area contributed by atoms with Crippen molar-refractivity contribution >= 4 is 0 Å². The van der Waals surface area contributed by atoms with Gasteiger partial charge in [-0.3, -0.25) is 4.68 Å². The minimum atomic E-state index is 0.385. The van der Waals surface area contributed by atoms with E-state index in [0.717, 1.165) is 5.92 Å². The van der Waals surface area contributed by atoms with Crippen LogP contribution in [0.15, 0.2) is 0 Å². The van der Waals surface area contributed by atoms with E-state index in [1.54, 1.807) is 0 Å². The molecule has 2 saturated carbocycles. The van der Waals surface area contributed by atoms with Gasteiger partial charge in [0.25, 0.3) is 0 Å². The molecular formula is C18H31N3. The summed E-state index contributed by atoms with van der Waals surface area (Å²) in [4.78, 5) is 0. The number of nitrogens with zero attached hydrogens (tertiary/aromatic N) is 2. The fourth-order valence-corrected chi connectivity index (χ4v) is 5.26. The molecule has 0 saturated heterocycles. The van der Waals surface area contributed by atoms with Crippen molar-refractivity contribution in [3.63, 3.8) is 0 Å². The molecule has 4 atom stereocenters. The second-order valence-electron chi connectivity index (χ2n) is 8.26. The zero-order valence-corrected chi connectivity index (χ0v) is 14.7. The third-order valence-electron chi connectivity index (χ3n) is 7.24. The van der Waals surface area contributed by atoms with E-state index in [9.17, 15) is 0 Å². The van der Waals surface area contributed by atoms with Gasteiger partial charge in [0, 0.05) is 30.4 Å². The maximum Gasteiger partial charge on any atom is 0.0644 e. The highest BCUT2D eigenvalue weighted by molar-refractivity contribution is 5.28. The lowest BCUT2D eigenvalue weighted by Gasteiger charge is -2.40. The Morgan fingerprint density at radius 2 is 1.95 bits per heavy atom. The van der Waals surface area contributed by atoms with Gasteiger partial charge in [0.15, 0.2) is 0 Å². The van der Waals surface area contributed by atoms with Crippen LogP contribution in [0.25, 0.3) is 0 Å². The molecule has 1 N–H and O–H groups in total. The van der Waals surface area contributed by atoms with Crippen LogP contribution in [0.4, 0.5) is 0 Å². The van der Waals surface area contributed by atoms with E-state index in [4.69, 9.17) is 0 Å². The number of aromatic nitrogens is 2. The van der Waals surface area contributed by atoms with E-state index in [0.29, 0.717) is 22.9 Å². The van der Waals surface area contributed by atoms with Crippen LogP contribution in [0.2, 0.25) is 0 Å². The highest BCUT2D eigenvalue weighted by Gasteiger charge is 2.61. The summed E-state index contributed by atoms with van der Waals surface area (Å²) in [6, 6.07) is 1.02. The second kappa shape index (κ2) is 4.58. The predicted octanol–water partition coefficient (Wildman–Crippen LogP) is 3.90. The van der Waals surface area contributed by atoms with Gasteiger partial charge in [0.1, 0.15) is 0 Å². The molecule has 0 aromatic carbocycles. The fraction of sp³-hybridized carbons (Fsp3) is 0.833. The van der Waals surface area contributed by atoms with E-state index in [1.807, 2.05) is 11.7 Å². The molecule has 0 radical (unpaired) electrons. The van der Waals surface area contributed by atoms with Crippen molar-refractivity contribution in [2.24, 2.45) is 23.8 Å². The summed E-state index contributed by atoms with van der Waals surface area (Å²) in [7, 11) is 2.04. The molecule has 1 heterocycles. The summed E-state index contributed by atoms with van der Waals surface area (Å²) in [5, 5.41) is 8.54. The van der Waals surface area contributed by atoms with Crippen molar-refractivity contribution < 1.29 is 0 Å². The van der Waals surface area contributed by atoms with Gasteiger partial charge >= 0.3 is 0 Å². The van der Waals surface area contributed by atoms with Crippen LogP contribution >= 0.6 is 0 Å². The van der Waals surface area contributed by atoms with Crippen molar-refractivity contribution in [1.29, 1.82) is 0 Å². The van der Waals surface area contributed by atoms with E-state index in [2.05, 4.69) is 52.0 Å². The zero-order valence-electron chi connectivity index (χ0n) is 14.7. The van der Waals surface area contributed by atoms with E-state index >= 15 is 0 Å². The molecule has 0 amide bonds. The smallest absolute Gasteiger partial charge is 0.0644 e. The summed E-state index contributed by atoms with van der Waals surface area (Å²) < 4.78 is 2.01. The van der Waals surface area contributed by atoms with Crippen LogP contribution in [-0.2, 0) is 7.05 Å². The number of hydrogen-bond donors (Lipinski definition) is 1. The molecule has 1 aromatic rings. The maximum absolute atomic E-state index is 4.58. The Hall–Kier alpha value is -0.830. The first kappa shape index (κ1) is 15.1. The van der Waals surface area contributed by atoms with Crippen molar-refractivity contribution in [3.8, 4) is 0 Å². The molecule has 1 aromatic heterocycles. The molecule has 4 unspecified atom stereocenters. The van der Waals surface area contributed by atoms with Crippen LogP contribution in [0.1, 0.15) is 70.0 Å². The van der Waals surface area contributed by atoms with Gasteiger partial charge in [0.2, 0.25) is 0 Å². The van der Waals surface area contributed by atoms with E-state index in [-0.39, 0.29) is 0 Å². The maximum atomic E-state index is 4.58. The first-order valence-corrected chi connectivity index (χ1v) is 8.44. The second-order valence-corrected chi connectivity index (χ2v) is 8.26. The van der Waals surface area contributed by atoms with Crippen molar-refractivity contribution in [2.75, 3.05) is 0 Å².